The van der Waals surface area contributed by atoms with E-state index in [-0.39, 0.29) is 6.42 Å². The summed E-state index contributed by atoms with van der Waals surface area (Å²) in [5.74, 6) is 0.119. The molecule has 0 saturated heterocycles. The lowest BCUT2D eigenvalue weighted by atomic mass is 10.1. The van der Waals surface area contributed by atoms with Crippen LogP contribution in [-0.2, 0) is 11.2 Å². The highest BCUT2D eigenvalue weighted by Gasteiger charge is 2.13. The topological polar surface area (TPSA) is 114 Å². The predicted octanol–water partition coefficient (Wildman–Crippen LogP) is 3.32. The highest BCUT2D eigenvalue weighted by Crippen LogP contribution is 2.25. The van der Waals surface area contributed by atoms with E-state index in [0.29, 0.717) is 35.7 Å². The lowest BCUT2D eigenvalue weighted by molar-refractivity contribution is -0.136. The van der Waals surface area contributed by atoms with Gasteiger partial charge in [-0.1, -0.05) is 19.1 Å². The van der Waals surface area contributed by atoms with Crippen LogP contribution in [0.25, 0.3) is 17.1 Å². The molecule has 148 valence electrons. The molecule has 1 aromatic heterocycles. The first-order valence-corrected chi connectivity index (χ1v) is 9.31. The third kappa shape index (κ3) is 4.76. The zero-order chi connectivity index (χ0) is 20.8. The van der Waals surface area contributed by atoms with E-state index in [1.54, 1.807) is 18.2 Å². The van der Waals surface area contributed by atoms with Gasteiger partial charge >= 0.3 is 5.97 Å². The molecule has 1 heterocycles. The summed E-state index contributed by atoms with van der Waals surface area (Å²) < 4.78 is 5.58. The number of nitrogens with zero attached hydrogens (tertiary/aromatic N) is 5. The van der Waals surface area contributed by atoms with Crippen LogP contribution in [0.1, 0.15) is 36.5 Å². The van der Waals surface area contributed by atoms with Crippen LogP contribution in [-0.4, -0.2) is 37.9 Å². The number of carbonyl (C=O) groups is 1. The summed E-state index contributed by atoms with van der Waals surface area (Å²) in [6.07, 6.45) is 1.41. The fourth-order valence-corrected chi connectivity index (χ4v) is 2.88. The number of ether oxygens (including phenoxy) is 1. The van der Waals surface area contributed by atoms with Crippen molar-refractivity contribution in [3.05, 3.63) is 53.1 Å². The van der Waals surface area contributed by atoms with Crippen LogP contribution in [0, 0.1) is 18.3 Å². The van der Waals surface area contributed by atoms with E-state index >= 15 is 0 Å². The maximum Gasteiger partial charge on any atom is 0.303 e. The normalized spacial score (nSPS) is 10.5. The van der Waals surface area contributed by atoms with Crippen LogP contribution in [0.2, 0.25) is 0 Å². The van der Waals surface area contributed by atoms with E-state index in [1.165, 1.54) is 4.80 Å². The molecule has 0 unspecified atom stereocenters. The Morgan fingerprint density at radius 2 is 2.10 bits per heavy atom. The SMILES string of the molecule is CCCOc1ccc(-c2nnn(-c3ccc(CCC(=O)O)cc3C)n2)cc1C#N. The number of aliphatic carboxylic acids is 1. The quantitative estimate of drug-likeness (QED) is 0.626. The zero-order valence-electron chi connectivity index (χ0n) is 16.3. The van der Waals surface area contributed by atoms with E-state index < -0.39 is 5.97 Å². The van der Waals surface area contributed by atoms with E-state index in [1.807, 2.05) is 32.0 Å². The Morgan fingerprint density at radius 1 is 1.28 bits per heavy atom. The first-order valence-electron chi connectivity index (χ1n) is 9.31. The van der Waals surface area contributed by atoms with Gasteiger partial charge in [0.1, 0.15) is 11.8 Å². The van der Waals surface area contributed by atoms with Crippen LogP contribution in [0.3, 0.4) is 0 Å². The summed E-state index contributed by atoms with van der Waals surface area (Å²) in [7, 11) is 0. The monoisotopic (exact) mass is 391 g/mol. The molecule has 2 aromatic carbocycles. The van der Waals surface area contributed by atoms with Crippen molar-refractivity contribution in [2.24, 2.45) is 0 Å². The molecule has 8 heteroatoms. The van der Waals surface area contributed by atoms with Gasteiger partial charge in [0.05, 0.1) is 17.9 Å². The summed E-state index contributed by atoms with van der Waals surface area (Å²) in [5.41, 5.74) is 3.71. The lowest BCUT2D eigenvalue weighted by Gasteiger charge is -2.07. The van der Waals surface area contributed by atoms with Gasteiger partial charge in [-0.15, -0.1) is 15.0 Å². The van der Waals surface area contributed by atoms with Crippen molar-refractivity contribution in [1.82, 2.24) is 20.2 Å². The van der Waals surface area contributed by atoms with Gasteiger partial charge in [-0.05, 0) is 60.4 Å². The molecular formula is C21H21N5O3. The Bertz CT molecular complexity index is 1070. The van der Waals surface area contributed by atoms with Crippen LogP contribution in [0.5, 0.6) is 5.75 Å². The Hall–Kier alpha value is -3.73. The molecule has 0 fully saturated rings. The molecule has 0 saturated carbocycles. The van der Waals surface area contributed by atoms with Crippen molar-refractivity contribution in [1.29, 1.82) is 5.26 Å². The third-order valence-electron chi connectivity index (χ3n) is 4.34. The number of benzene rings is 2. The number of nitriles is 1. The Kier molecular flexibility index (Phi) is 6.19. The fraction of sp³-hybridized carbons (Fsp3) is 0.286. The molecule has 0 aliphatic heterocycles. The molecule has 3 rings (SSSR count). The van der Waals surface area contributed by atoms with Crippen molar-refractivity contribution in [3.8, 4) is 28.9 Å². The minimum Gasteiger partial charge on any atom is -0.492 e. The molecule has 0 radical (unpaired) electrons. The molecule has 0 aliphatic carbocycles. The minimum atomic E-state index is -0.822. The third-order valence-corrected chi connectivity index (χ3v) is 4.34. The van der Waals surface area contributed by atoms with Crippen LogP contribution in [0.15, 0.2) is 36.4 Å². The van der Waals surface area contributed by atoms with E-state index in [0.717, 1.165) is 23.2 Å². The van der Waals surface area contributed by atoms with Gasteiger partial charge in [-0.25, -0.2) is 0 Å². The molecule has 8 nitrogen and oxygen atoms in total. The molecule has 0 bridgehead atoms. The number of aryl methyl sites for hydroxylation is 2. The van der Waals surface area contributed by atoms with Gasteiger partial charge in [-0.2, -0.15) is 5.26 Å². The standard InChI is InChI=1S/C21H21N5O3/c1-3-10-29-19-8-6-16(12-17(19)13-22)21-23-25-26(24-21)18-7-4-15(11-14(18)2)5-9-20(27)28/h4,6-8,11-12H,3,5,9-10H2,1-2H3,(H,27,28). The molecule has 29 heavy (non-hydrogen) atoms. The number of hydrogen-bond donors (Lipinski definition) is 1. The van der Waals surface area contributed by atoms with Crippen molar-refractivity contribution in [2.45, 2.75) is 33.1 Å². The van der Waals surface area contributed by atoms with E-state index in [2.05, 4.69) is 21.5 Å². The van der Waals surface area contributed by atoms with Gasteiger partial charge in [0, 0.05) is 12.0 Å². The summed E-state index contributed by atoms with van der Waals surface area (Å²) >= 11 is 0. The second-order valence-corrected chi connectivity index (χ2v) is 6.59. The van der Waals surface area contributed by atoms with Crippen molar-refractivity contribution < 1.29 is 14.6 Å². The van der Waals surface area contributed by atoms with Crippen molar-refractivity contribution >= 4 is 5.97 Å². The average molecular weight is 391 g/mol. The first-order chi connectivity index (χ1) is 14.0. The summed E-state index contributed by atoms with van der Waals surface area (Å²) in [5, 5.41) is 30.9. The first kappa shape index (κ1) is 20.0. The maximum atomic E-state index is 10.7. The van der Waals surface area contributed by atoms with Crippen molar-refractivity contribution in [3.63, 3.8) is 0 Å². The van der Waals surface area contributed by atoms with Gasteiger partial charge < -0.3 is 9.84 Å². The number of aromatic nitrogens is 4. The summed E-state index contributed by atoms with van der Waals surface area (Å²) in [6, 6.07) is 13.0. The lowest BCUT2D eigenvalue weighted by Crippen LogP contribution is -2.03. The summed E-state index contributed by atoms with van der Waals surface area (Å²) in [6.45, 7) is 4.46. The smallest absolute Gasteiger partial charge is 0.303 e. The fourth-order valence-electron chi connectivity index (χ4n) is 2.88. The van der Waals surface area contributed by atoms with Crippen LogP contribution in [0.4, 0.5) is 0 Å². The molecule has 0 aliphatic rings. The second kappa shape index (κ2) is 8.97. The number of carboxylic acids is 1. The number of carboxylic acid groups (broad SMARTS) is 1. The second-order valence-electron chi connectivity index (χ2n) is 6.59. The molecule has 3 aromatic rings. The Labute approximate surface area is 168 Å². The minimum absolute atomic E-state index is 0.0870. The summed E-state index contributed by atoms with van der Waals surface area (Å²) in [4.78, 5) is 12.2. The van der Waals surface area contributed by atoms with Gasteiger partial charge in [-0.3, -0.25) is 4.79 Å². The number of rotatable bonds is 8. The van der Waals surface area contributed by atoms with Crippen LogP contribution >= 0.6 is 0 Å². The van der Waals surface area contributed by atoms with Gasteiger partial charge in [0.2, 0.25) is 5.82 Å². The van der Waals surface area contributed by atoms with Gasteiger partial charge in [0.15, 0.2) is 0 Å². The number of hydrogen-bond acceptors (Lipinski definition) is 6. The number of tetrazole rings is 1. The van der Waals surface area contributed by atoms with Gasteiger partial charge in [0.25, 0.3) is 0 Å². The van der Waals surface area contributed by atoms with E-state index in [9.17, 15) is 10.1 Å². The molecule has 0 atom stereocenters. The largest absolute Gasteiger partial charge is 0.492 e. The molecular weight excluding hydrogens is 370 g/mol. The molecule has 1 N–H and O–H groups in total. The van der Waals surface area contributed by atoms with Crippen molar-refractivity contribution in [2.75, 3.05) is 6.61 Å². The molecule has 0 amide bonds. The predicted molar refractivity (Wildman–Crippen MR) is 106 cm³/mol. The zero-order valence-corrected chi connectivity index (χ0v) is 16.3. The van der Waals surface area contributed by atoms with E-state index in [4.69, 9.17) is 9.84 Å². The Morgan fingerprint density at radius 3 is 2.79 bits per heavy atom. The molecule has 0 spiro atoms. The van der Waals surface area contributed by atoms with Crippen LogP contribution < -0.4 is 4.74 Å². The maximum absolute atomic E-state index is 10.7. The highest BCUT2D eigenvalue weighted by molar-refractivity contribution is 5.67. The Balaban J connectivity index is 1.84. The average Bonchev–Trinajstić information content (AvgIpc) is 3.20. The highest BCUT2D eigenvalue weighted by atomic mass is 16.5.